The van der Waals surface area contributed by atoms with Crippen LogP contribution in [0.25, 0.3) is 6.08 Å². The molecule has 0 radical (unpaired) electrons. The Labute approximate surface area is 180 Å². The fraction of sp³-hybridized carbons (Fsp3) is 0.217. The highest BCUT2D eigenvalue weighted by atomic mass is 35.5. The highest BCUT2D eigenvalue weighted by Gasteiger charge is 2.12. The number of carbonyl (C=O) groups excluding carboxylic acids is 1. The van der Waals surface area contributed by atoms with Crippen LogP contribution in [0.2, 0.25) is 5.02 Å². The Morgan fingerprint density at radius 3 is 2.50 bits per heavy atom. The van der Waals surface area contributed by atoms with Crippen LogP contribution in [0.3, 0.4) is 0 Å². The summed E-state index contributed by atoms with van der Waals surface area (Å²) in [5.74, 6) is 0.771. The Kier molecular flexibility index (Phi) is 6.47. The van der Waals surface area contributed by atoms with E-state index in [1.165, 1.54) is 25.3 Å². The molecule has 0 atom stereocenters. The second-order valence-electron chi connectivity index (χ2n) is 6.80. The number of allylic oxidation sites excluding steroid dienone is 1. The molecule has 0 aliphatic heterocycles. The summed E-state index contributed by atoms with van der Waals surface area (Å²) in [6, 6.07) is 10.2. The van der Waals surface area contributed by atoms with Crippen LogP contribution in [-0.4, -0.2) is 34.9 Å². The van der Waals surface area contributed by atoms with Crippen LogP contribution >= 0.6 is 11.6 Å². The first-order valence-corrected chi connectivity index (χ1v) is 9.67. The first kappa shape index (κ1) is 21.5. The molecule has 0 bridgehead atoms. The van der Waals surface area contributed by atoms with E-state index < -0.39 is 0 Å². The lowest BCUT2D eigenvalue weighted by Crippen LogP contribution is -2.06. The fourth-order valence-corrected chi connectivity index (χ4v) is 3.25. The van der Waals surface area contributed by atoms with Crippen molar-refractivity contribution in [1.82, 2.24) is 9.78 Å². The van der Waals surface area contributed by atoms with Gasteiger partial charge in [-0.2, -0.15) is 5.10 Å². The van der Waals surface area contributed by atoms with Crippen LogP contribution in [0.15, 0.2) is 42.5 Å². The third kappa shape index (κ3) is 4.49. The number of rotatable bonds is 7. The van der Waals surface area contributed by atoms with E-state index in [4.69, 9.17) is 21.1 Å². The molecule has 0 spiro atoms. The van der Waals surface area contributed by atoms with Crippen molar-refractivity contribution in [2.75, 3.05) is 14.2 Å². The van der Waals surface area contributed by atoms with Gasteiger partial charge in [0.1, 0.15) is 5.75 Å². The SMILES string of the molecule is COc1cc(C(=O)/C=C/c2ccc(OC)c(Cn3nc(C)c(Cl)c3C)c2)ccc1O. The standard InChI is InChI=1S/C23H23ClN2O4/c1-14-23(24)15(2)26(25-14)13-18-11-16(6-10-21(18)29-3)5-8-19(27)17-7-9-20(28)22(12-17)30-4/h5-12,28H,13H2,1-4H3/b8-5+. The third-order valence-electron chi connectivity index (χ3n) is 4.81. The molecule has 30 heavy (non-hydrogen) atoms. The second-order valence-corrected chi connectivity index (χ2v) is 7.18. The van der Waals surface area contributed by atoms with Gasteiger partial charge in [-0.1, -0.05) is 23.7 Å². The number of phenols is 1. The van der Waals surface area contributed by atoms with Crippen molar-refractivity contribution in [2.24, 2.45) is 0 Å². The predicted octanol–water partition coefficient (Wildman–Crippen LogP) is 4.82. The zero-order valence-electron chi connectivity index (χ0n) is 17.3. The fourth-order valence-electron chi connectivity index (χ4n) is 3.12. The van der Waals surface area contributed by atoms with Crippen LogP contribution < -0.4 is 9.47 Å². The summed E-state index contributed by atoms with van der Waals surface area (Å²) in [5.41, 5.74) is 3.85. The second kappa shape index (κ2) is 9.05. The minimum absolute atomic E-state index is 0.0120. The van der Waals surface area contributed by atoms with E-state index in [2.05, 4.69) is 5.10 Å². The van der Waals surface area contributed by atoms with Crippen LogP contribution in [-0.2, 0) is 6.54 Å². The van der Waals surface area contributed by atoms with Gasteiger partial charge in [0.2, 0.25) is 0 Å². The number of methoxy groups -OCH3 is 2. The Balaban J connectivity index is 1.85. The van der Waals surface area contributed by atoms with Gasteiger partial charge in [-0.25, -0.2) is 0 Å². The molecule has 1 aromatic heterocycles. The molecule has 7 heteroatoms. The highest BCUT2D eigenvalue weighted by molar-refractivity contribution is 6.31. The zero-order chi connectivity index (χ0) is 21.8. The molecule has 0 aliphatic carbocycles. The molecule has 6 nitrogen and oxygen atoms in total. The molecule has 2 aromatic carbocycles. The highest BCUT2D eigenvalue weighted by Crippen LogP contribution is 2.27. The van der Waals surface area contributed by atoms with Gasteiger partial charge < -0.3 is 14.6 Å². The monoisotopic (exact) mass is 426 g/mol. The van der Waals surface area contributed by atoms with Gasteiger partial charge in [-0.15, -0.1) is 0 Å². The maximum Gasteiger partial charge on any atom is 0.185 e. The summed E-state index contributed by atoms with van der Waals surface area (Å²) < 4.78 is 12.4. The van der Waals surface area contributed by atoms with Gasteiger partial charge in [-0.05, 0) is 55.8 Å². The first-order chi connectivity index (χ1) is 14.3. The number of hydrogen-bond acceptors (Lipinski definition) is 5. The minimum Gasteiger partial charge on any atom is -0.504 e. The molecule has 3 rings (SSSR count). The molecule has 1 N–H and O–H groups in total. The van der Waals surface area contributed by atoms with Crippen molar-refractivity contribution < 1.29 is 19.4 Å². The van der Waals surface area contributed by atoms with Gasteiger partial charge >= 0.3 is 0 Å². The molecule has 0 amide bonds. The Hall–Kier alpha value is -3.25. The molecule has 0 aliphatic rings. The average Bonchev–Trinajstić information content (AvgIpc) is 2.99. The molecular weight excluding hydrogens is 404 g/mol. The van der Waals surface area contributed by atoms with Gasteiger partial charge in [-0.3, -0.25) is 9.48 Å². The van der Waals surface area contributed by atoms with Crippen molar-refractivity contribution >= 4 is 23.5 Å². The summed E-state index contributed by atoms with van der Waals surface area (Å²) in [4.78, 5) is 12.5. The lowest BCUT2D eigenvalue weighted by atomic mass is 10.1. The topological polar surface area (TPSA) is 73.6 Å². The number of halogens is 1. The van der Waals surface area contributed by atoms with Gasteiger partial charge in [0.05, 0.1) is 37.2 Å². The van der Waals surface area contributed by atoms with E-state index in [0.29, 0.717) is 17.1 Å². The molecule has 0 unspecified atom stereocenters. The average molecular weight is 427 g/mol. The van der Waals surface area contributed by atoms with E-state index in [0.717, 1.165) is 28.3 Å². The lowest BCUT2D eigenvalue weighted by molar-refractivity contribution is 0.104. The molecule has 0 saturated heterocycles. The van der Waals surface area contributed by atoms with Gasteiger partial charge in [0, 0.05) is 11.1 Å². The van der Waals surface area contributed by atoms with Crippen LogP contribution in [0.4, 0.5) is 0 Å². The summed E-state index contributed by atoms with van der Waals surface area (Å²) in [6.45, 7) is 4.28. The van der Waals surface area contributed by atoms with E-state index in [1.807, 2.05) is 36.7 Å². The smallest absolute Gasteiger partial charge is 0.185 e. The van der Waals surface area contributed by atoms with E-state index in [1.54, 1.807) is 19.3 Å². The number of aryl methyl sites for hydroxylation is 1. The summed E-state index contributed by atoms with van der Waals surface area (Å²) in [5, 5.41) is 14.8. The number of benzene rings is 2. The zero-order valence-corrected chi connectivity index (χ0v) is 18.0. The lowest BCUT2D eigenvalue weighted by Gasteiger charge is -2.11. The molecule has 0 saturated carbocycles. The van der Waals surface area contributed by atoms with Crippen molar-refractivity contribution in [3.63, 3.8) is 0 Å². The maximum atomic E-state index is 12.5. The number of aromatic hydroxyl groups is 1. The number of ether oxygens (including phenoxy) is 2. The number of hydrogen-bond donors (Lipinski definition) is 1. The number of aromatic nitrogens is 2. The van der Waals surface area contributed by atoms with E-state index in [9.17, 15) is 9.90 Å². The Bertz CT molecular complexity index is 1120. The van der Waals surface area contributed by atoms with Crippen molar-refractivity contribution in [2.45, 2.75) is 20.4 Å². The summed E-state index contributed by atoms with van der Waals surface area (Å²) in [7, 11) is 3.05. The van der Waals surface area contributed by atoms with Crippen molar-refractivity contribution in [1.29, 1.82) is 0 Å². The third-order valence-corrected chi connectivity index (χ3v) is 5.36. The van der Waals surface area contributed by atoms with Gasteiger partial charge in [0.15, 0.2) is 17.3 Å². The largest absolute Gasteiger partial charge is 0.504 e. The van der Waals surface area contributed by atoms with Crippen molar-refractivity contribution in [3.8, 4) is 17.2 Å². The molecule has 0 fully saturated rings. The first-order valence-electron chi connectivity index (χ1n) is 9.30. The predicted molar refractivity (Wildman–Crippen MR) is 117 cm³/mol. The Morgan fingerprint density at radius 2 is 1.87 bits per heavy atom. The van der Waals surface area contributed by atoms with Crippen LogP contribution in [0, 0.1) is 13.8 Å². The minimum atomic E-state index is -0.198. The van der Waals surface area contributed by atoms with Crippen LogP contribution in [0.5, 0.6) is 17.2 Å². The Morgan fingerprint density at radius 1 is 1.13 bits per heavy atom. The van der Waals surface area contributed by atoms with Crippen molar-refractivity contribution in [3.05, 3.63) is 75.6 Å². The number of nitrogens with zero attached hydrogens (tertiary/aromatic N) is 2. The van der Waals surface area contributed by atoms with E-state index in [-0.39, 0.29) is 17.3 Å². The van der Waals surface area contributed by atoms with Gasteiger partial charge in [0.25, 0.3) is 0 Å². The molecular formula is C23H23ClN2O4. The quantitative estimate of drug-likeness (QED) is 0.433. The molecule has 3 aromatic rings. The number of carbonyl (C=O) groups is 1. The molecule has 1 heterocycles. The molecule has 156 valence electrons. The number of ketones is 1. The summed E-state index contributed by atoms with van der Waals surface area (Å²) in [6.07, 6.45) is 3.22. The summed E-state index contributed by atoms with van der Waals surface area (Å²) >= 11 is 6.26. The van der Waals surface area contributed by atoms with Crippen LogP contribution in [0.1, 0.15) is 32.9 Å². The maximum absolute atomic E-state index is 12.5. The van der Waals surface area contributed by atoms with E-state index >= 15 is 0 Å². The normalized spacial score (nSPS) is 11.1. The number of phenolic OH excluding ortho intramolecular Hbond substituents is 1.